The lowest BCUT2D eigenvalue weighted by molar-refractivity contribution is -0.487. The first-order chi connectivity index (χ1) is 10.6. The summed E-state index contributed by atoms with van der Waals surface area (Å²) in [5.41, 5.74) is 0. The van der Waals surface area contributed by atoms with Crippen molar-refractivity contribution in [2.45, 2.75) is 62.0 Å². The number of ether oxygens (including phenoxy) is 1. The topological polar surface area (TPSA) is 49.7 Å². The molecule has 2 atom stereocenters. The Kier molecular flexibility index (Phi) is 6.71. The van der Waals surface area contributed by atoms with Crippen molar-refractivity contribution in [2.24, 2.45) is 0 Å². The molecular weight excluding hydrogens is 396 g/mol. The standard InChI is InChI=1S/C10H10F12O3/c11-5(23,1-3-7(13,14)15)9(19,20)25-10(21,22)6(12,24)2-4-8(16,17)18/h23-24H,1-4H2. The average molecular weight is 406 g/mol. The Hall–Kier alpha value is -0.960. The second kappa shape index (κ2) is 6.98. The first-order valence-corrected chi connectivity index (χ1v) is 6.04. The Morgan fingerprint density at radius 1 is 0.480 bits per heavy atom. The largest absolute Gasteiger partial charge is 0.419 e. The van der Waals surface area contributed by atoms with Crippen molar-refractivity contribution in [3.05, 3.63) is 0 Å². The molecule has 3 nitrogen and oxygen atoms in total. The van der Waals surface area contributed by atoms with Gasteiger partial charge in [0, 0.05) is 25.7 Å². The maximum atomic E-state index is 13.2. The molecule has 0 aromatic carbocycles. The van der Waals surface area contributed by atoms with Gasteiger partial charge in [-0.05, 0) is 0 Å². The minimum atomic E-state index is -6.21. The van der Waals surface area contributed by atoms with Crippen LogP contribution in [-0.2, 0) is 4.74 Å². The van der Waals surface area contributed by atoms with Gasteiger partial charge in [-0.3, -0.25) is 0 Å². The molecule has 2 N–H and O–H groups in total. The lowest BCUT2D eigenvalue weighted by Gasteiger charge is -2.35. The molecule has 0 radical (unpaired) electrons. The molecule has 0 amide bonds. The van der Waals surface area contributed by atoms with Crippen LogP contribution in [0.3, 0.4) is 0 Å². The molecule has 0 rings (SSSR count). The van der Waals surface area contributed by atoms with Crippen LogP contribution in [0.1, 0.15) is 25.7 Å². The van der Waals surface area contributed by atoms with Gasteiger partial charge in [0.25, 0.3) is 11.7 Å². The van der Waals surface area contributed by atoms with Crippen LogP contribution >= 0.6 is 0 Å². The fraction of sp³-hybridized carbons (Fsp3) is 1.00. The summed E-state index contributed by atoms with van der Waals surface area (Å²) in [6, 6.07) is 0. The van der Waals surface area contributed by atoms with Crippen LogP contribution in [-0.4, -0.2) is 46.5 Å². The van der Waals surface area contributed by atoms with Crippen LogP contribution in [0, 0.1) is 0 Å². The Morgan fingerprint density at radius 3 is 0.920 bits per heavy atom. The van der Waals surface area contributed by atoms with E-state index in [2.05, 4.69) is 4.74 Å². The number of halogens is 12. The molecule has 0 aromatic rings. The Balaban J connectivity index is 5.21. The summed E-state index contributed by atoms with van der Waals surface area (Å²) < 4.78 is 152. The number of hydrogen-bond donors (Lipinski definition) is 2. The third-order valence-corrected chi connectivity index (χ3v) is 2.63. The lowest BCUT2D eigenvalue weighted by Crippen LogP contribution is -2.56. The average Bonchev–Trinajstić information content (AvgIpc) is 2.31. The fourth-order valence-electron chi connectivity index (χ4n) is 1.22. The van der Waals surface area contributed by atoms with E-state index in [-0.39, 0.29) is 0 Å². The zero-order valence-electron chi connectivity index (χ0n) is 11.7. The second-order valence-corrected chi connectivity index (χ2v) is 4.88. The van der Waals surface area contributed by atoms with Crippen molar-refractivity contribution in [1.82, 2.24) is 0 Å². The third kappa shape index (κ3) is 7.43. The SMILES string of the molecule is OC(F)(CCC(F)(F)F)C(F)(F)OC(F)(F)C(O)(F)CCC(F)(F)F. The predicted molar refractivity (Wildman–Crippen MR) is 53.7 cm³/mol. The highest BCUT2D eigenvalue weighted by Crippen LogP contribution is 2.46. The van der Waals surface area contributed by atoms with E-state index < -0.39 is 62.0 Å². The molecule has 0 spiro atoms. The number of hydrogen-bond acceptors (Lipinski definition) is 3. The molecule has 0 bridgehead atoms. The van der Waals surface area contributed by atoms with E-state index in [4.69, 9.17) is 10.2 Å². The van der Waals surface area contributed by atoms with Gasteiger partial charge in [-0.1, -0.05) is 0 Å². The molecule has 0 fully saturated rings. The van der Waals surface area contributed by atoms with Crippen molar-refractivity contribution in [2.75, 3.05) is 0 Å². The quantitative estimate of drug-likeness (QED) is 0.595. The van der Waals surface area contributed by atoms with Gasteiger partial charge >= 0.3 is 24.6 Å². The van der Waals surface area contributed by atoms with Gasteiger partial charge in [0.15, 0.2) is 0 Å². The molecule has 15 heteroatoms. The van der Waals surface area contributed by atoms with Crippen LogP contribution in [0.2, 0.25) is 0 Å². The monoisotopic (exact) mass is 406 g/mol. The Labute approximate surface area is 131 Å². The van der Waals surface area contributed by atoms with Crippen LogP contribution in [0.5, 0.6) is 0 Å². The van der Waals surface area contributed by atoms with Crippen molar-refractivity contribution in [1.29, 1.82) is 0 Å². The maximum Gasteiger partial charge on any atom is 0.419 e. The van der Waals surface area contributed by atoms with Gasteiger partial charge < -0.3 is 10.2 Å². The Morgan fingerprint density at radius 2 is 0.720 bits per heavy atom. The van der Waals surface area contributed by atoms with E-state index in [0.29, 0.717) is 0 Å². The van der Waals surface area contributed by atoms with E-state index in [1.165, 1.54) is 0 Å². The van der Waals surface area contributed by atoms with Crippen LogP contribution in [0.4, 0.5) is 52.7 Å². The number of alkyl halides is 12. The van der Waals surface area contributed by atoms with Gasteiger partial charge in [0.05, 0.1) is 0 Å². The van der Waals surface area contributed by atoms with Crippen molar-refractivity contribution < 1.29 is 67.6 Å². The molecule has 0 aromatic heterocycles. The highest BCUT2D eigenvalue weighted by Gasteiger charge is 2.67. The van der Waals surface area contributed by atoms with Gasteiger partial charge in [-0.15, -0.1) is 0 Å². The summed E-state index contributed by atoms with van der Waals surface area (Å²) in [6.45, 7) is 0. The molecule has 0 saturated carbocycles. The normalized spacial score (nSPS) is 19.4. The maximum absolute atomic E-state index is 13.2. The highest BCUT2D eigenvalue weighted by atomic mass is 19.4. The molecule has 152 valence electrons. The molecular formula is C10H10F12O3. The molecule has 2 unspecified atom stereocenters. The van der Waals surface area contributed by atoms with E-state index in [1.807, 2.05) is 0 Å². The third-order valence-electron chi connectivity index (χ3n) is 2.63. The Bertz CT molecular complexity index is 399. The number of aliphatic hydroxyl groups is 2. The van der Waals surface area contributed by atoms with Crippen molar-refractivity contribution in [3.8, 4) is 0 Å². The molecule has 0 saturated heterocycles. The van der Waals surface area contributed by atoms with Gasteiger partial charge in [-0.2, -0.15) is 43.9 Å². The highest BCUT2D eigenvalue weighted by molar-refractivity contribution is 4.84. The fourth-order valence-corrected chi connectivity index (χ4v) is 1.22. The van der Waals surface area contributed by atoms with Crippen LogP contribution in [0.25, 0.3) is 0 Å². The summed E-state index contributed by atoms with van der Waals surface area (Å²) in [7, 11) is 0. The molecule has 0 heterocycles. The minimum Gasteiger partial charge on any atom is -0.355 e. The van der Waals surface area contributed by atoms with Crippen molar-refractivity contribution in [3.63, 3.8) is 0 Å². The van der Waals surface area contributed by atoms with Gasteiger partial charge in [0.1, 0.15) is 0 Å². The minimum absolute atomic E-state index is 2.23. The first-order valence-electron chi connectivity index (χ1n) is 6.04. The van der Waals surface area contributed by atoms with Gasteiger partial charge in [0.2, 0.25) is 0 Å². The summed E-state index contributed by atoms with van der Waals surface area (Å²) in [5.74, 6) is -10.8. The summed E-state index contributed by atoms with van der Waals surface area (Å²) >= 11 is 0. The molecule has 0 aliphatic carbocycles. The van der Waals surface area contributed by atoms with E-state index >= 15 is 0 Å². The number of rotatable bonds is 8. The van der Waals surface area contributed by atoms with E-state index in [1.54, 1.807) is 0 Å². The van der Waals surface area contributed by atoms with Gasteiger partial charge in [-0.25, -0.2) is 13.5 Å². The van der Waals surface area contributed by atoms with E-state index in [9.17, 15) is 52.7 Å². The summed E-state index contributed by atoms with van der Waals surface area (Å²) in [4.78, 5) is 0. The zero-order valence-corrected chi connectivity index (χ0v) is 11.7. The first kappa shape index (κ1) is 24.0. The van der Waals surface area contributed by atoms with Crippen LogP contribution in [0.15, 0.2) is 0 Å². The molecule has 25 heavy (non-hydrogen) atoms. The molecule has 0 aliphatic rings. The lowest BCUT2D eigenvalue weighted by atomic mass is 10.1. The summed E-state index contributed by atoms with van der Waals surface area (Å²) in [6.07, 6.45) is -32.9. The van der Waals surface area contributed by atoms with E-state index in [0.717, 1.165) is 0 Å². The van der Waals surface area contributed by atoms with Crippen molar-refractivity contribution >= 4 is 0 Å². The zero-order chi connectivity index (χ0) is 20.5. The second-order valence-electron chi connectivity index (χ2n) is 4.88. The smallest absolute Gasteiger partial charge is 0.355 e. The van der Waals surface area contributed by atoms with Crippen LogP contribution < -0.4 is 0 Å². The molecule has 0 aliphatic heterocycles. The summed E-state index contributed by atoms with van der Waals surface area (Å²) in [5, 5.41) is 17.1. The predicted octanol–water partition coefficient (Wildman–Crippen LogP) is 4.19.